The summed E-state index contributed by atoms with van der Waals surface area (Å²) in [6.45, 7) is 8.82. The van der Waals surface area contributed by atoms with Crippen LogP contribution in [-0.2, 0) is 19.6 Å². The molecule has 1 saturated heterocycles. The maximum absolute atomic E-state index is 15.8. The molecule has 10 heteroatoms. The molecule has 2 fully saturated rings. The number of hydrogen-bond acceptors (Lipinski definition) is 8. The van der Waals surface area contributed by atoms with E-state index in [-0.39, 0.29) is 35.3 Å². The number of amides is 1. The van der Waals surface area contributed by atoms with E-state index in [2.05, 4.69) is 11.4 Å². The third-order valence-electron chi connectivity index (χ3n) is 6.61. The van der Waals surface area contributed by atoms with Crippen molar-refractivity contribution in [3.05, 3.63) is 22.5 Å². The first-order chi connectivity index (χ1) is 16.3. The Morgan fingerprint density at radius 1 is 1.20 bits per heavy atom. The largest absolute Gasteiger partial charge is 0.465 e. The van der Waals surface area contributed by atoms with Crippen LogP contribution in [0.15, 0.2) is 0 Å². The second kappa shape index (κ2) is 8.55. The van der Waals surface area contributed by atoms with E-state index in [1.165, 1.54) is 7.11 Å². The van der Waals surface area contributed by atoms with Crippen LogP contribution in [0.3, 0.4) is 0 Å². The molecule has 2 heterocycles. The number of nitrogens with one attached hydrogen (secondary N) is 1. The molecule has 1 aromatic rings. The number of hydrogen-bond donors (Lipinski definition) is 1. The Morgan fingerprint density at radius 2 is 1.86 bits per heavy atom. The molecule has 0 bridgehead atoms. The molecule has 1 aliphatic carbocycles. The Kier molecular flexibility index (Phi) is 6.12. The van der Waals surface area contributed by atoms with E-state index >= 15 is 4.39 Å². The van der Waals surface area contributed by atoms with Crippen molar-refractivity contribution >= 4 is 12.1 Å². The number of carbonyl (C=O) groups excluding carboxylic acids is 2. The summed E-state index contributed by atoms with van der Waals surface area (Å²) < 4.78 is 44.1. The first-order valence-electron chi connectivity index (χ1n) is 11.7. The van der Waals surface area contributed by atoms with Crippen LogP contribution in [-0.4, -0.2) is 49.3 Å². The number of nitrogens with zero attached hydrogens (tertiary/aromatic N) is 1. The van der Waals surface area contributed by atoms with Gasteiger partial charge in [-0.15, -0.1) is 0 Å². The standard InChI is InChI=1S/C25H31FN2O7/c1-13-16(21(29)31-6)17(25(12-27)9-10-25)18(26)20-19(13)33-24(5,34-20)15-8-7-14(11-32-15)28-22(30)35-23(2,3)4/h14-15H,7-11H2,1-6H3,(H,28,30)/t14-,15+,24?/m1/s1. The number of benzene rings is 1. The van der Waals surface area contributed by atoms with Crippen LogP contribution in [0.5, 0.6) is 11.5 Å². The second-order valence-electron chi connectivity index (χ2n) is 10.5. The van der Waals surface area contributed by atoms with Gasteiger partial charge in [0.2, 0.25) is 5.75 Å². The summed E-state index contributed by atoms with van der Waals surface area (Å²) in [5, 5.41) is 12.5. The summed E-state index contributed by atoms with van der Waals surface area (Å²) in [6, 6.07) is 1.90. The van der Waals surface area contributed by atoms with Gasteiger partial charge in [-0.3, -0.25) is 0 Å². The lowest BCUT2D eigenvalue weighted by Crippen LogP contribution is -2.54. The highest BCUT2D eigenvalue weighted by atomic mass is 19.1. The fraction of sp³-hybridized carbons (Fsp3) is 0.640. The molecule has 1 N–H and O–H groups in total. The highest BCUT2D eigenvalue weighted by Crippen LogP contribution is 2.56. The monoisotopic (exact) mass is 490 g/mol. The third-order valence-corrected chi connectivity index (χ3v) is 6.61. The van der Waals surface area contributed by atoms with Gasteiger partial charge in [0, 0.05) is 18.1 Å². The number of nitriles is 1. The molecule has 1 saturated carbocycles. The number of esters is 1. The summed E-state index contributed by atoms with van der Waals surface area (Å²) in [5.74, 6) is -2.91. The molecule has 1 amide bonds. The minimum Gasteiger partial charge on any atom is -0.465 e. The van der Waals surface area contributed by atoms with E-state index in [1.54, 1.807) is 34.6 Å². The van der Waals surface area contributed by atoms with Crippen LogP contribution in [0.1, 0.15) is 74.9 Å². The number of fused-ring (bicyclic) bond motifs is 1. The predicted octanol–water partition coefficient (Wildman–Crippen LogP) is 4.04. The average Bonchev–Trinajstić information content (AvgIpc) is 3.49. The van der Waals surface area contributed by atoms with Gasteiger partial charge in [-0.2, -0.15) is 5.26 Å². The van der Waals surface area contributed by atoms with Crippen LogP contribution in [0.4, 0.5) is 9.18 Å². The van der Waals surface area contributed by atoms with Crippen molar-refractivity contribution in [2.24, 2.45) is 0 Å². The van der Waals surface area contributed by atoms with E-state index < -0.39 is 40.8 Å². The van der Waals surface area contributed by atoms with E-state index in [1.807, 2.05) is 0 Å². The Bertz CT molecular complexity index is 1090. The first-order valence-corrected chi connectivity index (χ1v) is 11.7. The number of methoxy groups -OCH3 is 1. The molecule has 4 rings (SSSR count). The van der Waals surface area contributed by atoms with Gasteiger partial charge < -0.3 is 29.0 Å². The van der Waals surface area contributed by atoms with Gasteiger partial charge in [-0.1, -0.05) is 0 Å². The van der Waals surface area contributed by atoms with Gasteiger partial charge in [0.1, 0.15) is 11.7 Å². The summed E-state index contributed by atoms with van der Waals surface area (Å²) in [7, 11) is 1.21. The smallest absolute Gasteiger partial charge is 0.407 e. The zero-order valence-electron chi connectivity index (χ0n) is 20.9. The molecule has 3 aliphatic rings. The Balaban J connectivity index is 1.55. The van der Waals surface area contributed by atoms with Gasteiger partial charge in [0.05, 0.1) is 36.8 Å². The molecule has 0 aromatic heterocycles. The van der Waals surface area contributed by atoms with Gasteiger partial charge in [-0.25, -0.2) is 14.0 Å². The Labute approximate surface area is 203 Å². The van der Waals surface area contributed by atoms with E-state index in [4.69, 9.17) is 23.7 Å². The lowest BCUT2D eigenvalue weighted by atomic mass is 9.88. The van der Waals surface area contributed by atoms with Crippen molar-refractivity contribution in [3.8, 4) is 17.6 Å². The third kappa shape index (κ3) is 4.49. The zero-order chi connectivity index (χ0) is 25.8. The molecule has 1 aromatic carbocycles. The molecule has 9 nitrogen and oxygen atoms in total. The lowest BCUT2D eigenvalue weighted by molar-refractivity contribution is -0.186. The van der Waals surface area contributed by atoms with Gasteiger partial charge in [0.15, 0.2) is 11.6 Å². The quantitative estimate of drug-likeness (QED) is 0.629. The number of carbonyl (C=O) groups is 2. The van der Waals surface area contributed by atoms with E-state index in [0.717, 1.165) is 0 Å². The summed E-state index contributed by atoms with van der Waals surface area (Å²) in [5.41, 5.74) is -1.34. The molecule has 3 atom stereocenters. The van der Waals surface area contributed by atoms with Crippen molar-refractivity contribution in [1.82, 2.24) is 5.32 Å². The summed E-state index contributed by atoms with van der Waals surface area (Å²) in [4.78, 5) is 24.7. The van der Waals surface area contributed by atoms with Crippen molar-refractivity contribution in [3.63, 3.8) is 0 Å². The van der Waals surface area contributed by atoms with E-state index in [0.29, 0.717) is 31.2 Å². The fourth-order valence-corrected chi connectivity index (χ4v) is 4.67. The van der Waals surface area contributed by atoms with Gasteiger partial charge >= 0.3 is 12.1 Å². The topological polar surface area (TPSA) is 116 Å². The fourth-order valence-electron chi connectivity index (χ4n) is 4.67. The van der Waals surface area contributed by atoms with Crippen LogP contribution in [0.2, 0.25) is 0 Å². The molecule has 190 valence electrons. The number of rotatable bonds is 4. The molecule has 35 heavy (non-hydrogen) atoms. The summed E-state index contributed by atoms with van der Waals surface area (Å²) >= 11 is 0. The van der Waals surface area contributed by atoms with E-state index in [9.17, 15) is 14.9 Å². The van der Waals surface area contributed by atoms with Gasteiger partial charge in [0.25, 0.3) is 5.79 Å². The van der Waals surface area contributed by atoms with Crippen LogP contribution < -0.4 is 14.8 Å². The van der Waals surface area contributed by atoms with Gasteiger partial charge in [-0.05, 0) is 53.4 Å². The normalized spacial score (nSPS) is 26.5. The number of alkyl carbamates (subject to hydrolysis) is 1. The first kappa shape index (κ1) is 25.0. The maximum Gasteiger partial charge on any atom is 0.407 e. The Hall–Kier alpha value is -3.06. The minimum atomic E-state index is -1.36. The van der Waals surface area contributed by atoms with Crippen molar-refractivity contribution in [1.29, 1.82) is 5.26 Å². The highest BCUT2D eigenvalue weighted by molar-refractivity contribution is 5.95. The minimum absolute atomic E-state index is 0.00170. The SMILES string of the molecule is COC(=O)c1c(C)c2c(c(F)c1C1(C#N)CC1)OC(C)([C@@H]1CC[C@@H](NC(=O)OC(C)(C)C)CO1)O2. The van der Waals surface area contributed by atoms with Crippen molar-refractivity contribution in [2.75, 3.05) is 13.7 Å². The van der Waals surface area contributed by atoms with Crippen LogP contribution >= 0.6 is 0 Å². The average molecular weight is 491 g/mol. The second-order valence-corrected chi connectivity index (χ2v) is 10.5. The lowest BCUT2D eigenvalue weighted by Gasteiger charge is -2.37. The number of ether oxygens (including phenoxy) is 5. The van der Waals surface area contributed by atoms with Crippen molar-refractivity contribution < 1.29 is 37.7 Å². The molecule has 2 aliphatic heterocycles. The predicted molar refractivity (Wildman–Crippen MR) is 121 cm³/mol. The zero-order valence-corrected chi connectivity index (χ0v) is 20.9. The van der Waals surface area contributed by atoms with Crippen LogP contribution in [0, 0.1) is 24.1 Å². The Morgan fingerprint density at radius 3 is 2.37 bits per heavy atom. The molecule has 1 unspecified atom stereocenters. The highest BCUT2D eigenvalue weighted by Gasteiger charge is 2.55. The van der Waals surface area contributed by atoms with Crippen LogP contribution in [0.25, 0.3) is 0 Å². The molecular weight excluding hydrogens is 459 g/mol. The number of halogens is 1. The molecule has 0 radical (unpaired) electrons. The maximum atomic E-state index is 15.8. The molecular formula is C25H31FN2O7. The summed E-state index contributed by atoms with van der Waals surface area (Å²) in [6.07, 6.45) is 0.826. The van der Waals surface area contributed by atoms with Crippen molar-refractivity contribution in [2.45, 2.75) is 89.3 Å². The molecule has 0 spiro atoms.